The summed E-state index contributed by atoms with van der Waals surface area (Å²) in [5, 5.41) is 0. The van der Waals surface area contributed by atoms with Gasteiger partial charge in [-0.3, -0.25) is 0 Å². The minimum absolute atomic E-state index is 0.0138. The Morgan fingerprint density at radius 1 is 0.872 bits per heavy atom. The van der Waals surface area contributed by atoms with Crippen molar-refractivity contribution < 1.29 is 54.5 Å². The summed E-state index contributed by atoms with van der Waals surface area (Å²) < 4.78 is 113. The van der Waals surface area contributed by atoms with Gasteiger partial charge in [0.25, 0.3) is 0 Å². The zero-order chi connectivity index (χ0) is 34.0. The number of benzene rings is 4. The lowest BCUT2D eigenvalue weighted by molar-refractivity contribution is -0.143. The van der Waals surface area contributed by atoms with Crippen LogP contribution in [-0.4, -0.2) is 23.5 Å². The number of rotatable bonds is 7. The molecular weight excluding hydrogens is 635 g/mol. The molecule has 1 unspecified atom stereocenters. The van der Waals surface area contributed by atoms with E-state index in [1.54, 1.807) is 54.5 Å². The van der Waals surface area contributed by atoms with Gasteiger partial charge in [-0.25, -0.2) is 18.9 Å². The van der Waals surface area contributed by atoms with Crippen molar-refractivity contribution in [2.24, 2.45) is 0 Å². The molecule has 1 aliphatic heterocycles. The molecule has 1 fully saturated rings. The van der Waals surface area contributed by atoms with E-state index >= 15 is 0 Å². The van der Waals surface area contributed by atoms with Crippen LogP contribution in [0.25, 0.3) is 0 Å². The number of para-hydroxylation sites is 1. The fraction of sp³-hybridized carbons (Fsp3) is 0.206. The fourth-order valence-electron chi connectivity index (χ4n) is 5.17. The second kappa shape index (κ2) is 12.9. The van der Waals surface area contributed by atoms with Gasteiger partial charge in [-0.05, 0) is 60.5 Å². The summed E-state index contributed by atoms with van der Waals surface area (Å²) in [6.07, 6.45) is -14.1. The van der Waals surface area contributed by atoms with Crippen molar-refractivity contribution in [3.05, 3.63) is 143 Å². The van der Waals surface area contributed by atoms with Crippen molar-refractivity contribution in [3.8, 4) is 5.75 Å². The number of hydrogen-bond acceptors (Lipinski definition) is 5. The van der Waals surface area contributed by atoms with Crippen LogP contribution in [0.15, 0.2) is 109 Å². The van der Waals surface area contributed by atoms with E-state index < -0.39 is 71.2 Å². The zero-order valence-electron chi connectivity index (χ0n) is 24.3. The largest absolute Gasteiger partial charge is 0.456 e. The average molecular weight is 660 g/mol. The second-order valence-corrected chi connectivity index (χ2v) is 10.5. The molecule has 0 aliphatic carbocycles. The molecule has 0 bridgehead atoms. The topological polar surface area (TPSA) is 65.1 Å². The normalized spacial score (nSPS) is 18.8. The van der Waals surface area contributed by atoms with Gasteiger partial charge in [-0.2, -0.15) is 26.3 Å². The van der Waals surface area contributed by atoms with Gasteiger partial charge in [0.2, 0.25) is 12.0 Å². The lowest BCUT2D eigenvalue weighted by atomic mass is 9.87. The number of amides is 1. The van der Waals surface area contributed by atoms with Crippen molar-refractivity contribution in [2.45, 2.75) is 37.1 Å². The molecular formula is C34H24F7NO5. The molecule has 1 aliphatic rings. The summed E-state index contributed by atoms with van der Waals surface area (Å²) in [4.78, 5) is 27.6. The standard InChI is InChI=1S/C34H24F7NO5/c1-21(23-16-25(33(36,37)38)18-26(17-23)34(39,40)41)45-20-32(24-12-14-27(35)15-13-24)29(19-43)47-30(22-8-4-2-5-9-22)42(32)31(44)46-28-10-6-3-7-11-28/h2-18,21,30H,20H2,1H3/t21?,30-,32-/m1/s1. The Hall–Kier alpha value is -5.13. The molecule has 0 spiro atoms. The number of ether oxygens (including phenoxy) is 3. The van der Waals surface area contributed by atoms with Gasteiger partial charge in [0.05, 0.1) is 23.8 Å². The van der Waals surface area contributed by atoms with E-state index in [0.29, 0.717) is 17.7 Å². The Morgan fingerprint density at radius 3 is 1.96 bits per heavy atom. The summed E-state index contributed by atoms with van der Waals surface area (Å²) in [6.45, 7) is 0.435. The van der Waals surface area contributed by atoms with Crippen LogP contribution in [0.5, 0.6) is 5.75 Å². The van der Waals surface area contributed by atoms with Crippen LogP contribution in [0.2, 0.25) is 0 Å². The Morgan fingerprint density at radius 2 is 1.43 bits per heavy atom. The lowest BCUT2D eigenvalue weighted by Crippen LogP contribution is -2.51. The summed E-state index contributed by atoms with van der Waals surface area (Å²) in [7, 11) is 0. The van der Waals surface area contributed by atoms with Crippen molar-refractivity contribution in [3.63, 3.8) is 0 Å². The first kappa shape index (κ1) is 33.2. The van der Waals surface area contributed by atoms with E-state index in [4.69, 9.17) is 14.2 Å². The maximum atomic E-state index is 14.1. The number of halogens is 7. The van der Waals surface area contributed by atoms with Crippen LogP contribution in [0, 0.1) is 5.82 Å². The molecule has 4 aromatic rings. The predicted octanol–water partition coefficient (Wildman–Crippen LogP) is 8.78. The monoisotopic (exact) mass is 659 g/mol. The molecule has 244 valence electrons. The second-order valence-electron chi connectivity index (χ2n) is 10.5. The van der Waals surface area contributed by atoms with Crippen molar-refractivity contribution >= 4 is 12.0 Å². The molecule has 1 saturated heterocycles. The highest BCUT2D eigenvalue weighted by Crippen LogP contribution is 2.50. The third-order valence-electron chi connectivity index (χ3n) is 7.52. The smallest absolute Gasteiger partial charge is 0.419 e. The highest BCUT2D eigenvalue weighted by molar-refractivity contribution is 5.76. The van der Waals surface area contributed by atoms with Crippen molar-refractivity contribution in [2.75, 3.05) is 6.61 Å². The number of carbonyl (C=O) groups is 1. The van der Waals surface area contributed by atoms with Crippen LogP contribution < -0.4 is 4.74 Å². The molecule has 0 saturated carbocycles. The van der Waals surface area contributed by atoms with Crippen LogP contribution >= 0.6 is 0 Å². The number of nitrogens with zero attached hydrogens (tertiary/aromatic N) is 1. The first-order chi connectivity index (χ1) is 22.2. The van der Waals surface area contributed by atoms with Gasteiger partial charge in [0.1, 0.15) is 11.6 Å². The molecule has 47 heavy (non-hydrogen) atoms. The first-order valence-electron chi connectivity index (χ1n) is 13.9. The molecule has 0 radical (unpaired) electrons. The van der Waals surface area contributed by atoms with E-state index in [9.17, 15) is 40.3 Å². The Labute approximate surface area is 263 Å². The molecule has 0 aromatic heterocycles. The Balaban J connectivity index is 1.64. The van der Waals surface area contributed by atoms with E-state index in [0.717, 1.165) is 17.0 Å². The van der Waals surface area contributed by atoms with Crippen LogP contribution in [-0.2, 0) is 32.2 Å². The quantitative estimate of drug-likeness (QED) is 0.147. The summed E-state index contributed by atoms with van der Waals surface area (Å²) in [5.41, 5.74) is -5.29. The zero-order valence-corrected chi connectivity index (χ0v) is 24.3. The van der Waals surface area contributed by atoms with E-state index in [1.807, 2.05) is 0 Å². The van der Waals surface area contributed by atoms with Gasteiger partial charge in [0, 0.05) is 5.56 Å². The molecule has 13 heteroatoms. The number of hydrogen-bond donors (Lipinski definition) is 0. The molecule has 3 atom stereocenters. The van der Waals surface area contributed by atoms with E-state index in [-0.39, 0.29) is 17.4 Å². The third kappa shape index (κ3) is 6.86. The van der Waals surface area contributed by atoms with E-state index in [1.165, 1.54) is 31.2 Å². The summed E-state index contributed by atoms with van der Waals surface area (Å²) in [5.74, 6) is 0.541. The minimum Gasteiger partial charge on any atom is -0.456 e. The van der Waals surface area contributed by atoms with Gasteiger partial charge >= 0.3 is 18.4 Å². The highest BCUT2D eigenvalue weighted by atomic mass is 19.4. The Bertz CT molecular complexity index is 1740. The van der Waals surface area contributed by atoms with Crippen LogP contribution in [0.1, 0.15) is 47.1 Å². The SMILES string of the molecule is CC(OC[C@@]1(c2ccc(F)cc2)C(=C=O)O[C@H](c2ccccc2)N1C(=O)Oc1ccccc1)c1cc(C(F)(F)F)cc(C(F)(F)F)c1. The average Bonchev–Trinajstić information content (AvgIpc) is 3.39. The third-order valence-corrected chi connectivity index (χ3v) is 7.52. The van der Waals surface area contributed by atoms with Crippen molar-refractivity contribution in [1.29, 1.82) is 0 Å². The van der Waals surface area contributed by atoms with Crippen molar-refractivity contribution in [1.82, 2.24) is 4.90 Å². The Kier molecular flexibility index (Phi) is 9.15. The molecule has 1 amide bonds. The fourth-order valence-corrected chi connectivity index (χ4v) is 5.17. The van der Waals surface area contributed by atoms with Gasteiger partial charge < -0.3 is 14.2 Å². The lowest BCUT2D eigenvalue weighted by Gasteiger charge is -2.37. The molecule has 4 aromatic carbocycles. The van der Waals surface area contributed by atoms with Gasteiger partial charge in [0.15, 0.2) is 11.5 Å². The molecule has 0 N–H and O–H groups in total. The van der Waals surface area contributed by atoms with Crippen LogP contribution in [0.3, 0.4) is 0 Å². The predicted molar refractivity (Wildman–Crippen MR) is 153 cm³/mol. The summed E-state index contributed by atoms with van der Waals surface area (Å²) >= 11 is 0. The number of carbonyl (C=O) groups excluding carboxylic acids is 2. The van der Waals surface area contributed by atoms with Crippen LogP contribution in [0.4, 0.5) is 35.5 Å². The van der Waals surface area contributed by atoms with Gasteiger partial charge in [-0.15, -0.1) is 0 Å². The summed E-state index contributed by atoms with van der Waals surface area (Å²) in [6, 6.07) is 21.5. The maximum absolute atomic E-state index is 14.1. The molecule has 6 nitrogen and oxygen atoms in total. The molecule has 1 heterocycles. The highest BCUT2D eigenvalue weighted by Gasteiger charge is 2.59. The minimum atomic E-state index is -5.11. The molecule has 5 rings (SSSR count). The van der Waals surface area contributed by atoms with E-state index in [2.05, 4.69) is 0 Å². The van der Waals surface area contributed by atoms with Gasteiger partial charge in [-0.1, -0.05) is 60.7 Å². The first-order valence-corrected chi connectivity index (χ1v) is 13.9. The maximum Gasteiger partial charge on any atom is 0.419 e. The number of alkyl halides is 6.